The number of ether oxygens (including phenoxy) is 1. The van der Waals surface area contributed by atoms with Crippen LogP contribution in [-0.2, 0) is 15.1 Å². The first kappa shape index (κ1) is 26.1. The van der Waals surface area contributed by atoms with Gasteiger partial charge in [0.05, 0.1) is 19.1 Å². The van der Waals surface area contributed by atoms with Crippen LogP contribution >= 0.6 is 0 Å². The molecule has 5 heteroatoms. The minimum absolute atomic E-state index is 0.0315. The van der Waals surface area contributed by atoms with Crippen molar-refractivity contribution >= 4 is 11.8 Å². The van der Waals surface area contributed by atoms with Crippen LogP contribution in [0.2, 0.25) is 0 Å². The molecule has 0 heterocycles. The van der Waals surface area contributed by atoms with Crippen LogP contribution < -0.4 is 0 Å². The van der Waals surface area contributed by atoms with E-state index in [-0.39, 0.29) is 12.2 Å². The molecule has 1 saturated carbocycles. The molecule has 0 spiro atoms. The van der Waals surface area contributed by atoms with Gasteiger partial charge in [-0.2, -0.15) is 5.26 Å². The number of hydrogen-bond acceptors (Lipinski definition) is 5. The number of benzene rings is 4. The number of carbonyl (C=O) groups excluding carboxylic acids is 2. The van der Waals surface area contributed by atoms with Gasteiger partial charge < -0.3 is 9.84 Å². The maximum atomic E-state index is 14.5. The Morgan fingerprint density at radius 1 is 0.795 bits per heavy atom. The molecule has 5 rings (SSSR count). The molecule has 39 heavy (non-hydrogen) atoms. The first-order valence-electron chi connectivity index (χ1n) is 12.9. The lowest BCUT2D eigenvalue weighted by molar-refractivity contribution is -0.162. The highest BCUT2D eigenvalue weighted by atomic mass is 16.5. The number of Topliss-reactive ketones (excluding diaryl/α,β-unsaturated/α-hetero) is 1. The Morgan fingerprint density at radius 2 is 1.28 bits per heavy atom. The SMILES string of the molecule is COC(=O)[C@@]1(C#N)[C@H](c2ccccc2)C[C@](O)(c2ccccc2)[C@H](C(=O)c2ccccc2)[C@@H]1c1ccccc1. The molecule has 0 bridgehead atoms. The maximum absolute atomic E-state index is 14.5. The summed E-state index contributed by atoms with van der Waals surface area (Å²) in [5.41, 5.74) is -1.23. The van der Waals surface area contributed by atoms with Crippen molar-refractivity contribution < 1.29 is 19.4 Å². The third-order valence-corrected chi connectivity index (χ3v) is 8.09. The zero-order valence-corrected chi connectivity index (χ0v) is 21.6. The summed E-state index contributed by atoms with van der Waals surface area (Å²) in [6.45, 7) is 0. The Kier molecular flexibility index (Phi) is 7.15. The summed E-state index contributed by atoms with van der Waals surface area (Å²) >= 11 is 0. The Bertz CT molecular complexity index is 1480. The van der Waals surface area contributed by atoms with E-state index < -0.39 is 34.7 Å². The molecular formula is C34H29NO4. The predicted molar refractivity (Wildman–Crippen MR) is 148 cm³/mol. The number of rotatable bonds is 6. The molecule has 0 aliphatic heterocycles. The molecule has 0 unspecified atom stereocenters. The first-order valence-corrected chi connectivity index (χ1v) is 12.9. The lowest BCUT2D eigenvalue weighted by atomic mass is 9.47. The lowest BCUT2D eigenvalue weighted by Gasteiger charge is -2.54. The summed E-state index contributed by atoms with van der Waals surface area (Å²) in [6.07, 6.45) is -0.0315. The summed E-state index contributed by atoms with van der Waals surface area (Å²) in [7, 11) is 1.26. The molecule has 0 aromatic heterocycles. The largest absolute Gasteiger partial charge is 0.468 e. The van der Waals surface area contributed by atoms with Gasteiger partial charge in [0.2, 0.25) is 0 Å². The lowest BCUT2D eigenvalue weighted by Crippen LogP contribution is -2.58. The van der Waals surface area contributed by atoms with Gasteiger partial charge in [0.25, 0.3) is 0 Å². The van der Waals surface area contributed by atoms with Gasteiger partial charge in [0.15, 0.2) is 11.2 Å². The van der Waals surface area contributed by atoms with Crippen molar-refractivity contribution in [3.8, 4) is 6.07 Å². The molecule has 1 fully saturated rings. The van der Waals surface area contributed by atoms with Gasteiger partial charge in [0.1, 0.15) is 5.60 Å². The van der Waals surface area contributed by atoms with E-state index in [2.05, 4.69) is 6.07 Å². The van der Waals surface area contributed by atoms with Crippen molar-refractivity contribution in [2.24, 2.45) is 11.3 Å². The highest BCUT2D eigenvalue weighted by Crippen LogP contribution is 2.63. The number of aliphatic hydroxyl groups is 1. The fourth-order valence-electron chi connectivity index (χ4n) is 6.34. The van der Waals surface area contributed by atoms with Gasteiger partial charge in [0, 0.05) is 17.4 Å². The monoisotopic (exact) mass is 515 g/mol. The predicted octanol–water partition coefficient (Wildman–Crippen LogP) is 6.03. The number of methoxy groups -OCH3 is 1. The van der Waals surface area contributed by atoms with E-state index in [0.717, 1.165) is 0 Å². The third kappa shape index (κ3) is 4.33. The minimum atomic E-state index is -1.80. The smallest absolute Gasteiger partial charge is 0.327 e. The van der Waals surface area contributed by atoms with E-state index in [0.29, 0.717) is 22.3 Å². The molecular weight excluding hydrogens is 486 g/mol. The molecule has 4 aromatic carbocycles. The Labute approximate surface area is 228 Å². The average molecular weight is 516 g/mol. The van der Waals surface area contributed by atoms with Gasteiger partial charge >= 0.3 is 5.97 Å². The average Bonchev–Trinajstić information content (AvgIpc) is 3.01. The summed E-state index contributed by atoms with van der Waals surface area (Å²) in [5.74, 6) is -4.03. The number of hydrogen-bond donors (Lipinski definition) is 1. The van der Waals surface area contributed by atoms with E-state index in [1.165, 1.54) is 7.11 Å². The quantitative estimate of drug-likeness (QED) is 0.250. The van der Waals surface area contributed by atoms with Crippen LogP contribution in [0.4, 0.5) is 0 Å². The number of nitrogens with zero attached hydrogens (tertiary/aromatic N) is 1. The fraction of sp³-hybridized carbons (Fsp3) is 0.206. The molecule has 1 N–H and O–H groups in total. The van der Waals surface area contributed by atoms with Crippen molar-refractivity contribution in [2.45, 2.75) is 23.9 Å². The molecule has 1 aliphatic rings. The van der Waals surface area contributed by atoms with Crippen LogP contribution in [0.15, 0.2) is 121 Å². The van der Waals surface area contributed by atoms with E-state index in [9.17, 15) is 20.0 Å². The minimum Gasteiger partial charge on any atom is -0.468 e. The van der Waals surface area contributed by atoms with E-state index in [4.69, 9.17) is 4.74 Å². The second kappa shape index (κ2) is 10.7. The highest BCUT2D eigenvalue weighted by molar-refractivity contribution is 6.00. The number of carbonyl (C=O) groups is 2. The molecule has 0 radical (unpaired) electrons. The fourth-order valence-corrected chi connectivity index (χ4v) is 6.34. The first-order chi connectivity index (χ1) is 19.0. The molecule has 194 valence electrons. The molecule has 0 saturated heterocycles. The van der Waals surface area contributed by atoms with Gasteiger partial charge in [-0.1, -0.05) is 121 Å². The van der Waals surface area contributed by atoms with Crippen LogP contribution in [0.3, 0.4) is 0 Å². The van der Waals surface area contributed by atoms with Gasteiger partial charge in [-0.3, -0.25) is 9.59 Å². The summed E-state index contributed by atoms with van der Waals surface area (Å²) in [4.78, 5) is 28.4. The number of nitriles is 1. The van der Waals surface area contributed by atoms with Crippen LogP contribution in [0, 0.1) is 22.7 Å². The Morgan fingerprint density at radius 3 is 1.79 bits per heavy atom. The molecule has 1 aliphatic carbocycles. The highest BCUT2D eigenvalue weighted by Gasteiger charge is 2.67. The van der Waals surface area contributed by atoms with E-state index in [1.807, 2.05) is 84.9 Å². The standard InChI is InChI=1S/C34H29NO4/c1-39-32(37)33(23-35)28(24-14-6-2-7-15-24)22-34(38,27-20-12-5-13-21-27)30(29(33)25-16-8-3-9-17-25)31(36)26-18-10-4-11-19-26/h2-21,28-30,38H,22H2,1H3/t28-,29-,30-,33-,34-/m0/s1. The van der Waals surface area contributed by atoms with Gasteiger partial charge in [-0.05, 0) is 23.1 Å². The van der Waals surface area contributed by atoms with E-state index >= 15 is 0 Å². The summed E-state index contributed by atoms with van der Waals surface area (Å²) in [6, 6.07) is 38.5. The van der Waals surface area contributed by atoms with Crippen LogP contribution in [-0.4, -0.2) is 24.0 Å². The van der Waals surface area contributed by atoms with Crippen molar-refractivity contribution in [3.63, 3.8) is 0 Å². The zero-order valence-electron chi connectivity index (χ0n) is 21.6. The number of esters is 1. The van der Waals surface area contributed by atoms with Gasteiger partial charge in [-0.15, -0.1) is 0 Å². The summed E-state index contributed by atoms with van der Waals surface area (Å²) < 4.78 is 5.34. The summed E-state index contributed by atoms with van der Waals surface area (Å²) in [5, 5.41) is 23.8. The normalized spacial score (nSPS) is 26.2. The van der Waals surface area contributed by atoms with Crippen LogP contribution in [0.1, 0.15) is 45.3 Å². The zero-order chi connectivity index (χ0) is 27.5. The van der Waals surface area contributed by atoms with Crippen LogP contribution in [0.25, 0.3) is 0 Å². The van der Waals surface area contributed by atoms with E-state index in [1.54, 1.807) is 36.4 Å². The van der Waals surface area contributed by atoms with Crippen molar-refractivity contribution in [3.05, 3.63) is 144 Å². The molecule has 5 atom stereocenters. The van der Waals surface area contributed by atoms with Crippen molar-refractivity contribution in [1.82, 2.24) is 0 Å². The molecule has 5 nitrogen and oxygen atoms in total. The number of ketones is 1. The van der Waals surface area contributed by atoms with Crippen molar-refractivity contribution in [1.29, 1.82) is 5.26 Å². The van der Waals surface area contributed by atoms with Gasteiger partial charge in [-0.25, -0.2) is 0 Å². The Balaban J connectivity index is 1.88. The Hall–Kier alpha value is -4.53. The molecule has 0 amide bonds. The van der Waals surface area contributed by atoms with Crippen molar-refractivity contribution in [2.75, 3.05) is 7.11 Å². The topological polar surface area (TPSA) is 87.4 Å². The van der Waals surface area contributed by atoms with Crippen LogP contribution in [0.5, 0.6) is 0 Å². The third-order valence-electron chi connectivity index (χ3n) is 8.09. The second-order valence-corrected chi connectivity index (χ2v) is 10.0. The maximum Gasteiger partial charge on any atom is 0.327 e. The molecule has 4 aromatic rings. The second-order valence-electron chi connectivity index (χ2n) is 10.0.